The highest BCUT2D eigenvalue weighted by Gasteiger charge is 2.17. The normalized spacial score (nSPS) is 12.4. The minimum atomic E-state index is -0.409. The molecule has 1 unspecified atom stereocenters. The highest BCUT2D eigenvalue weighted by atomic mass is 35.5. The third kappa shape index (κ3) is 3.37. The Morgan fingerprint density at radius 3 is 2.82 bits per heavy atom. The van der Waals surface area contributed by atoms with E-state index in [2.05, 4.69) is 10.3 Å². The van der Waals surface area contributed by atoms with Crippen molar-refractivity contribution in [2.75, 3.05) is 0 Å². The molecule has 142 valence electrons. The predicted molar refractivity (Wildman–Crippen MR) is 109 cm³/mol. The Morgan fingerprint density at radius 2 is 2.04 bits per heavy atom. The summed E-state index contributed by atoms with van der Waals surface area (Å²) in [6.45, 7) is 1.62. The van der Waals surface area contributed by atoms with Crippen molar-refractivity contribution in [3.05, 3.63) is 74.8 Å². The van der Waals surface area contributed by atoms with Crippen LogP contribution < -0.4 is 10.9 Å². The summed E-state index contributed by atoms with van der Waals surface area (Å²) in [5, 5.41) is 4.56. The number of rotatable bonds is 4. The number of para-hydroxylation sites is 1. The average Bonchev–Trinajstić information content (AvgIpc) is 3.03. The zero-order valence-electron chi connectivity index (χ0n) is 14.8. The minimum Gasteiger partial charge on any atom is -0.448 e. The molecule has 6 nitrogen and oxygen atoms in total. The monoisotopic (exact) mass is 415 g/mol. The van der Waals surface area contributed by atoms with Gasteiger partial charge in [-0.3, -0.25) is 14.2 Å². The molecule has 0 saturated heterocycles. The smallest absolute Gasteiger partial charge is 0.297 e. The van der Waals surface area contributed by atoms with E-state index in [9.17, 15) is 9.59 Å². The molecule has 2 aromatic heterocycles. The quantitative estimate of drug-likeness (QED) is 0.538. The van der Waals surface area contributed by atoms with Gasteiger partial charge in [0.05, 0.1) is 12.4 Å². The first kappa shape index (κ1) is 18.5. The Bertz CT molecular complexity index is 1260. The van der Waals surface area contributed by atoms with Gasteiger partial charge >= 0.3 is 0 Å². The van der Waals surface area contributed by atoms with E-state index in [0.717, 1.165) is 10.9 Å². The third-order valence-corrected chi connectivity index (χ3v) is 5.03. The molecular formula is C20H15Cl2N3O3. The van der Waals surface area contributed by atoms with Gasteiger partial charge in [-0.15, -0.1) is 0 Å². The summed E-state index contributed by atoms with van der Waals surface area (Å²) in [5.74, 6) is -0.349. The summed E-state index contributed by atoms with van der Waals surface area (Å²) in [6, 6.07) is 12.0. The molecule has 0 fully saturated rings. The van der Waals surface area contributed by atoms with E-state index in [0.29, 0.717) is 21.1 Å². The second-order valence-corrected chi connectivity index (χ2v) is 7.25. The van der Waals surface area contributed by atoms with E-state index in [1.165, 1.54) is 10.9 Å². The molecule has 0 bridgehead atoms. The maximum atomic E-state index is 12.7. The van der Waals surface area contributed by atoms with Crippen molar-refractivity contribution < 1.29 is 9.21 Å². The van der Waals surface area contributed by atoms with Crippen LogP contribution in [0.4, 0.5) is 0 Å². The van der Waals surface area contributed by atoms with Crippen LogP contribution in [-0.2, 0) is 11.3 Å². The Labute approximate surface area is 169 Å². The van der Waals surface area contributed by atoms with Crippen molar-refractivity contribution in [1.82, 2.24) is 14.9 Å². The van der Waals surface area contributed by atoms with Gasteiger partial charge in [0.2, 0.25) is 11.5 Å². The molecule has 1 atom stereocenters. The number of benzene rings is 2. The lowest BCUT2D eigenvalue weighted by molar-refractivity contribution is -0.122. The van der Waals surface area contributed by atoms with Crippen molar-refractivity contribution in [3.8, 4) is 0 Å². The van der Waals surface area contributed by atoms with Gasteiger partial charge in [0.1, 0.15) is 17.6 Å². The van der Waals surface area contributed by atoms with Crippen LogP contribution in [0, 0.1) is 0 Å². The number of halogens is 2. The summed E-state index contributed by atoms with van der Waals surface area (Å²) in [7, 11) is 0. The second kappa shape index (κ2) is 7.30. The number of hydrogen-bond donors (Lipinski definition) is 1. The van der Waals surface area contributed by atoms with Crippen molar-refractivity contribution in [3.63, 3.8) is 0 Å². The van der Waals surface area contributed by atoms with Gasteiger partial charge in [-0.25, -0.2) is 4.98 Å². The molecule has 0 aliphatic heterocycles. The van der Waals surface area contributed by atoms with Crippen molar-refractivity contribution >= 4 is 51.2 Å². The van der Waals surface area contributed by atoms with E-state index in [1.54, 1.807) is 31.2 Å². The Hall–Kier alpha value is -2.83. The standard InChI is InChI=1S/C20H15Cl2N3O3/c1-11(13-7-6-12(21)8-15(13)22)24-17(26)9-25-10-23-18-14-4-2-3-5-16(14)28-19(18)20(25)27/h2-8,10-11H,9H2,1H3,(H,24,26). The van der Waals surface area contributed by atoms with Gasteiger partial charge < -0.3 is 9.73 Å². The third-order valence-electron chi connectivity index (χ3n) is 4.47. The largest absolute Gasteiger partial charge is 0.448 e. The SMILES string of the molecule is CC(NC(=O)Cn1cnc2c(oc3ccccc32)c1=O)c1ccc(Cl)cc1Cl. The van der Waals surface area contributed by atoms with Crippen LogP contribution in [-0.4, -0.2) is 15.5 Å². The average molecular weight is 416 g/mol. The predicted octanol–water partition coefficient (Wildman–Crippen LogP) is 4.33. The Kier molecular flexibility index (Phi) is 4.83. The maximum Gasteiger partial charge on any atom is 0.297 e. The zero-order valence-corrected chi connectivity index (χ0v) is 16.3. The Balaban J connectivity index is 1.57. The van der Waals surface area contributed by atoms with E-state index >= 15 is 0 Å². The van der Waals surface area contributed by atoms with Crippen LogP contribution in [0.5, 0.6) is 0 Å². The van der Waals surface area contributed by atoms with Gasteiger partial charge in [0.15, 0.2) is 0 Å². The summed E-state index contributed by atoms with van der Waals surface area (Å²) >= 11 is 12.1. The lowest BCUT2D eigenvalue weighted by Crippen LogP contribution is -2.34. The molecule has 0 saturated carbocycles. The molecule has 2 aromatic carbocycles. The number of carbonyl (C=O) groups excluding carboxylic acids is 1. The first-order valence-corrected chi connectivity index (χ1v) is 9.30. The van der Waals surface area contributed by atoms with Crippen LogP contribution in [0.3, 0.4) is 0 Å². The van der Waals surface area contributed by atoms with Crippen LogP contribution >= 0.6 is 23.2 Å². The van der Waals surface area contributed by atoms with Gasteiger partial charge in [-0.1, -0.05) is 41.4 Å². The van der Waals surface area contributed by atoms with Gasteiger partial charge in [0, 0.05) is 15.4 Å². The highest BCUT2D eigenvalue weighted by Crippen LogP contribution is 2.26. The van der Waals surface area contributed by atoms with Crippen molar-refractivity contribution in [1.29, 1.82) is 0 Å². The summed E-state index contributed by atoms with van der Waals surface area (Å²) in [5.41, 5.74) is 1.52. The number of fused-ring (bicyclic) bond motifs is 3. The minimum absolute atomic E-state index is 0.130. The molecule has 4 rings (SSSR count). The summed E-state index contributed by atoms with van der Waals surface area (Å²) in [4.78, 5) is 29.4. The van der Waals surface area contributed by atoms with Crippen LogP contribution in [0.25, 0.3) is 22.1 Å². The molecule has 2 heterocycles. The number of carbonyl (C=O) groups is 1. The molecule has 0 aliphatic carbocycles. The molecule has 1 N–H and O–H groups in total. The number of nitrogens with one attached hydrogen (secondary N) is 1. The topological polar surface area (TPSA) is 77.1 Å². The first-order valence-electron chi connectivity index (χ1n) is 8.55. The fourth-order valence-electron chi connectivity index (χ4n) is 3.10. The number of aromatic nitrogens is 2. The second-order valence-electron chi connectivity index (χ2n) is 6.41. The van der Waals surface area contributed by atoms with E-state index in [-0.39, 0.29) is 24.1 Å². The van der Waals surface area contributed by atoms with Gasteiger partial charge in [0.25, 0.3) is 5.56 Å². The molecule has 8 heteroatoms. The molecule has 1 amide bonds. The van der Waals surface area contributed by atoms with Crippen LogP contribution in [0.2, 0.25) is 10.0 Å². The molecule has 4 aromatic rings. The fraction of sp³-hybridized carbons (Fsp3) is 0.150. The van der Waals surface area contributed by atoms with E-state index in [1.807, 2.05) is 18.2 Å². The summed E-state index contributed by atoms with van der Waals surface area (Å²) < 4.78 is 6.84. The molecular weight excluding hydrogens is 401 g/mol. The van der Waals surface area contributed by atoms with E-state index in [4.69, 9.17) is 27.6 Å². The number of furan rings is 1. The molecule has 0 radical (unpaired) electrons. The summed E-state index contributed by atoms with van der Waals surface area (Å²) in [6.07, 6.45) is 1.35. The molecule has 28 heavy (non-hydrogen) atoms. The fourth-order valence-corrected chi connectivity index (χ4v) is 3.67. The lowest BCUT2D eigenvalue weighted by atomic mass is 10.1. The van der Waals surface area contributed by atoms with Gasteiger partial charge in [-0.2, -0.15) is 0 Å². The Morgan fingerprint density at radius 1 is 1.25 bits per heavy atom. The van der Waals surface area contributed by atoms with Crippen LogP contribution in [0.1, 0.15) is 18.5 Å². The number of amides is 1. The van der Waals surface area contributed by atoms with E-state index < -0.39 is 5.56 Å². The first-order chi connectivity index (χ1) is 13.4. The number of nitrogens with zero attached hydrogens (tertiary/aromatic N) is 2. The number of hydrogen-bond acceptors (Lipinski definition) is 4. The zero-order chi connectivity index (χ0) is 19.8. The van der Waals surface area contributed by atoms with Gasteiger partial charge in [-0.05, 0) is 36.8 Å². The van der Waals surface area contributed by atoms with Crippen LogP contribution in [0.15, 0.2) is 58.0 Å². The molecule has 0 aliphatic rings. The highest BCUT2D eigenvalue weighted by molar-refractivity contribution is 6.35. The van der Waals surface area contributed by atoms with Crippen molar-refractivity contribution in [2.45, 2.75) is 19.5 Å². The lowest BCUT2D eigenvalue weighted by Gasteiger charge is -2.16. The van der Waals surface area contributed by atoms with Crippen molar-refractivity contribution in [2.24, 2.45) is 0 Å². The maximum absolute atomic E-state index is 12.7. The molecule has 0 spiro atoms.